The maximum Gasteiger partial charge on any atom is 0.224 e. The number of nitrogens with one attached hydrogen (secondary N) is 2. The van der Waals surface area contributed by atoms with Crippen LogP contribution in [0.3, 0.4) is 0 Å². The highest BCUT2D eigenvalue weighted by molar-refractivity contribution is 6.42. The van der Waals surface area contributed by atoms with Gasteiger partial charge in [-0.15, -0.1) is 0 Å². The van der Waals surface area contributed by atoms with Crippen molar-refractivity contribution in [1.82, 2.24) is 20.4 Å². The van der Waals surface area contributed by atoms with Crippen LogP contribution in [0.1, 0.15) is 17.0 Å². The van der Waals surface area contributed by atoms with Crippen LogP contribution in [0.15, 0.2) is 18.2 Å². The summed E-state index contributed by atoms with van der Waals surface area (Å²) in [6, 6.07) is 5.35. The average molecular weight is 399 g/mol. The Hall–Kier alpha value is -1.60. The third kappa shape index (κ3) is 5.45. The predicted molar refractivity (Wildman–Crippen MR) is 105 cm³/mol. The Labute approximate surface area is 163 Å². The van der Waals surface area contributed by atoms with Crippen LogP contribution in [0.5, 0.6) is 0 Å². The molecule has 0 fully saturated rings. The molecule has 0 atom stereocenters. The van der Waals surface area contributed by atoms with Gasteiger partial charge < -0.3 is 15.4 Å². The summed E-state index contributed by atoms with van der Waals surface area (Å²) in [5.41, 5.74) is 3.46. The zero-order valence-electron chi connectivity index (χ0n) is 15.2. The van der Waals surface area contributed by atoms with Crippen LogP contribution in [0.4, 0.5) is 0 Å². The first kappa shape index (κ1) is 20.7. The van der Waals surface area contributed by atoms with Gasteiger partial charge >= 0.3 is 0 Å². The van der Waals surface area contributed by atoms with E-state index in [0.717, 1.165) is 29.2 Å². The Morgan fingerprint density at radius 3 is 2.65 bits per heavy atom. The summed E-state index contributed by atoms with van der Waals surface area (Å²) in [6.45, 7) is 6.53. The average Bonchev–Trinajstić information content (AvgIpc) is 2.88. The number of carbonyl (C=O) groups is 1. The fraction of sp³-hybridized carbons (Fsp3) is 0.444. The largest absolute Gasteiger partial charge is 0.383 e. The lowest BCUT2D eigenvalue weighted by atomic mass is 10.1. The van der Waals surface area contributed by atoms with Crippen molar-refractivity contribution in [2.75, 3.05) is 33.4 Å². The van der Waals surface area contributed by atoms with Crippen LogP contribution < -0.4 is 10.6 Å². The fourth-order valence-electron chi connectivity index (χ4n) is 2.61. The Bertz CT molecular complexity index is 762. The van der Waals surface area contributed by atoms with Crippen molar-refractivity contribution < 1.29 is 9.53 Å². The van der Waals surface area contributed by atoms with E-state index in [0.29, 0.717) is 29.7 Å². The Balaban J connectivity index is 1.99. The monoisotopic (exact) mass is 398 g/mol. The van der Waals surface area contributed by atoms with E-state index >= 15 is 0 Å². The number of halogens is 2. The zero-order chi connectivity index (χ0) is 19.1. The zero-order valence-corrected chi connectivity index (χ0v) is 16.7. The highest BCUT2D eigenvalue weighted by atomic mass is 35.5. The van der Waals surface area contributed by atoms with Crippen molar-refractivity contribution in [1.29, 1.82) is 0 Å². The van der Waals surface area contributed by atoms with Gasteiger partial charge in [0, 0.05) is 38.0 Å². The molecule has 8 heteroatoms. The minimum atomic E-state index is -0.0292. The topological polar surface area (TPSA) is 68.2 Å². The van der Waals surface area contributed by atoms with Crippen LogP contribution >= 0.6 is 23.2 Å². The first-order chi connectivity index (χ1) is 12.4. The van der Waals surface area contributed by atoms with Crippen LogP contribution in [0.25, 0.3) is 5.69 Å². The Morgan fingerprint density at radius 1 is 1.19 bits per heavy atom. The van der Waals surface area contributed by atoms with Gasteiger partial charge in [-0.25, -0.2) is 4.68 Å². The fourth-order valence-corrected chi connectivity index (χ4v) is 2.90. The van der Waals surface area contributed by atoms with Crippen molar-refractivity contribution in [2.24, 2.45) is 0 Å². The van der Waals surface area contributed by atoms with E-state index in [9.17, 15) is 4.79 Å². The van der Waals surface area contributed by atoms with Gasteiger partial charge in [0.1, 0.15) is 0 Å². The third-order valence-corrected chi connectivity index (χ3v) is 4.77. The van der Waals surface area contributed by atoms with Crippen LogP contribution in [0.2, 0.25) is 10.0 Å². The van der Waals surface area contributed by atoms with Crippen molar-refractivity contribution in [3.8, 4) is 5.69 Å². The number of rotatable bonds is 9. The lowest BCUT2D eigenvalue weighted by molar-refractivity contribution is -0.120. The lowest BCUT2D eigenvalue weighted by Gasteiger charge is -2.08. The molecular weight excluding hydrogens is 375 g/mol. The highest BCUT2D eigenvalue weighted by Gasteiger charge is 2.16. The quantitative estimate of drug-likeness (QED) is 0.637. The van der Waals surface area contributed by atoms with Crippen LogP contribution in [0, 0.1) is 13.8 Å². The Kier molecular flexibility index (Phi) is 7.90. The molecular formula is C18H24Cl2N4O2. The molecule has 0 aliphatic carbocycles. The number of methoxy groups -OCH3 is 1. The van der Waals surface area contributed by atoms with E-state index in [-0.39, 0.29) is 12.3 Å². The minimum Gasteiger partial charge on any atom is -0.383 e. The smallest absolute Gasteiger partial charge is 0.224 e. The number of aryl methyl sites for hydroxylation is 1. The van der Waals surface area contributed by atoms with Crippen LogP contribution in [-0.2, 0) is 16.0 Å². The summed E-state index contributed by atoms with van der Waals surface area (Å²) in [5.74, 6) is -0.0292. The van der Waals surface area contributed by atoms with Gasteiger partial charge in [0.05, 0.1) is 34.5 Å². The second-order valence-electron chi connectivity index (χ2n) is 5.93. The number of amides is 1. The van der Waals surface area contributed by atoms with Crippen LogP contribution in [-0.4, -0.2) is 49.0 Å². The molecule has 1 amide bonds. The summed E-state index contributed by atoms with van der Waals surface area (Å²) in [4.78, 5) is 12.2. The van der Waals surface area contributed by atoms with E-state index in [1.54, 1.807) is 23.9 Å². The number of ether oxygens (including phenoxy) is 1. The van der Waals surface area contributed by atoms with E-state index in [2.05, 4.69) is 15.7 Å². The molecule has 0 aliphatic heterocycles. The summed E-state index contributed by atoms with van der Waals surface area (Å²) >= 11 is 12.1. The highest BCUT2D eigenvalue weighted by Crippen LogP contribution is 2.26. The maximum atomic E-state index is 12.2. The van der Waals surface area contributed by atoms with Gasteiger partial charge in [0.15, 0.2) is 0 Å². The van der Waals surface area contributed by atoms with Gasteiger partial charge in [0.2, 0.25) is 5.91 Å². The summed E-state index contributed by atoms with van der Waals surface area (Å²) < 4.78 is 6.74. The summed E-state index contributed by atoms with van der Waals surface area (Å²) in [7, 11) is 1.66. The number of carbonyl (C=O) groups excluding carboxylic acids is 1. The molecule has 0 saturated heterocycles. The van der Waals surface area contributed by atoms with E-state index in [1.807, 2.05) is 19.9 Å². The molecule has 2 rings (SSSR count). The second kappa shape index (κ2) is 9.92. The number of aromatic nitrogens is 2. The molecule has 1 aromatic carbocycles. The minimum absolute atomic E-state index is 0.0292. The van der Waals surface area contributed by atoms with Gasteiger partial charge in [0.25, 0.3) is 0 Å². The molecule has 2 N–H and O–H groups in total. The van der Waals surface area contributed by atoms with E-state index in [4.69, 9.17) is 27.9 Å². The molecule has 6 nitrogen and oxygen atoms in total. The van der Waals surface area contributed by atoms with Gasteiger partial charge in [-0.3, -0.25) is 4.79 Å². The van der Waals surface area contributed by atoms with Crippen molar-refractivity contribution in [3.05, 3.63) is 45.2 Å². The number of hydrogen-bond acceptors (Lipinski definition) is 4. The number of benzene rings is 1. The molecule has 1 heterocycles. The standard InChI is InChI=1S/C18H24Cl2N4O2/c1-12-15(11-18(25)22-7-6-21-8-9-26-3)13(2)24(23-12)14-4-5-16(19)17(20)10-14/h4-5,10,21H,6-9,11H2,1-3H3,(H,22,25). The van der Waals surface area contributed by atoms with Crippen molar-refractivity contribution >= 4 is 29.1 Å². The molecule has 26 heavy (non-hydrogen) atoms. The normalized spacial score (nSPS) is 11.0. The molecule has 2 aromatic rings. The van der Waals surface area contributed by atoms with Gasteiger partial charge in [-0.1, -0.05) is 23.2 Å². The predicted octanol–water partition coefficient (Wildman–Crippen LogP) is 2.69. The summed E-state index contributed by atoms with van der Waals surface area (Å²) in [6.07, 6.45) is 0.289. The first-order valence-corrected chi connectivity index (χ1v) is 9.16. The third-order valence-electron chi connectivity index (χ3n) is 4.03. The Morgan fingerprint density at radius 2 is 1.96 bits per heavy atom. The molecule has 0 aliphatic rings. The molecule has 142 valence electrons. The second-order valence-corrected chi connectivity index (χ2v) is 6.74. The van der Waals surface area contributed by atoms with Crippen molar-refractivity contribution in [2.45, 2.75) is 20.3 Å². The molecule has 0 radical (unpaired) electrons. The van der Waals surface area contributed by atoms with Crippen molar-refractivity contribution in [3.63, 3.8) is 0 Å². The summed E-state index contributed by atoms with van der Waals surface area (Å²) in [5, 5.41) is 11.6. The number of hydrogen-bond donors (Lipinski definition) is 2. The molecule has 1 aromatic heterocycles. The van der Waals surface area contributed by atoms with E-state index < -0.39 is 0 Å². The first-order valence-electron chi connectivity index (χ1n) is 8.41. The molecule has 0 unspecified atom stereocenters. The molecule has 0 spiro atoms. The SMILES string of the molecule is COCCNCCNC(=O)Cc1c(C)nn(-c2ccc(Cl)c(Cl)c2)c1C. The molecule has 0 bridgehead atoms. The van der Waals surface area contributed by atoms with E-state index in [1.165, 1.54) is 0 Å². The lowest BCUT2D eigenvalue weighted by Crippen LogP contribution is -2.34. The molecule has 0 saturated carbocycles. The van der Waals surface area contributed by atoms with Gasteiger partial charge in [-0.2, -0.15) is 5.10 Å². The number of nitrogens with zero attached hydrogens (tertiary/aromatic N) is 2. The van der Waals surface area contributed by atoms with Gasteiger partial charge in [-0.05, 0) is 32.0 Å². The maximum absolute atomic E-state index is 12.2.